The molecule has 3 fully saturated rings. The van der Waals surface area contributed by atoms with Crippen molar-refractivity contribution in [3.8, 4) is 0 Å². The monoisotopic (exact) mass is 497 g/mol. The molecule has 1 saturated heterocycles. The number of carbonyl (C=O) groups excluding carboxylic acids is 2. The lowest BCUT2D eigenvalue weighted by Gasteiger charge is -2.51. The Kier molecular flexibility index (Phi) is 6.86. The van der Waals surface area contributed by atoms with Gasteiger partial charge >= 0.3 is 5.97 Å². The summed E-state index contributed by atoms with van der Waals surface area (Å²) in [5.74, 6) is 3.22. The van der Waals surface area contributed by atoms with Gasteiger partial charge in [0.25, 0.3) is 5.91 Å². The first-order valence-electron chi connectivity index (χ1n) is 10.5. The molecule has 2 bridgehead atoms. The summed E-state index contributed by atoms with van der Waals surface area (Å²) in [5, 5.41) is 2.92. The summed E-state index contributed by atoms with van der Waals surface area (Å²) in [5.41, 5.74) is 1.02. The molecule has 0 aromatic heterocycles. The van der Waals surface area contributed by atoms with E-state index in [2.05, 4.69) is 44.8 Å². The molecule has 158 valence electrons. The molecule has 1 amide bonds. The van der Waals surface area contributed by atoms with E-state index in [9.17, 15) is 9.59 Å². The van der Waals surface area contributed by atoms with Gasteiger partial charge in [0.15, 0.2) is 6.61 Å². The number of nitrogens with one attached hydrogen (secondary N) is 1. The number of carbonyl (C=O) groups is 2. The van der Waals surface area contributed by atoms with Crippen LogP contribution in [0.25, 0.3) is 0 Å². The standard InChI is InChI=1S/C22H28BrNO3S2/c1-14(15-5-7-19(23)8-6-15)24-20(25)13-27-21(26)16-11-17-3-2-4-18(12-16)22(17)28-9-10-29-22/h5-8,14,16-18H,2-4,9-13H2,1H3,(H,24,25)/t14-,16?,17-,18+/m1/s1. The quantitative estimate of drug-likeness (QED) is 0.568. The molecule has 29 heavy (non-hydrogen) atoms. The first kappa shape index (κ1) is 21.6. The highest BCUT2D eigenvalue weighted by atomic mass is 79.9. The van der Waals surface area contributed by atoms with Crippen LogP contribution in [-0.4, -0.2) is 34.1 Å². The van der Waals surface area contributed by atoms with Crippen LogP contribution in [0.5, 0.6) is 0 Å². The largest absolute Gasteiger partial charge is 0.455 e. The molecule has 0 radical (unpaired) electrons. The van der Waals surface area contributed by atoms with E-state index >= 15 is 0 Å². The lowest BCUT2D eigenvalue weighted by molar-refractivity contribution is -0.155. The average molecular weight is 499 g/mol. The Morgan fingerprint density at radius 2 is 1.79 bits per heavy atom. The fraction of sp³-hybridized carbons (Fsp3) is 0.636. The molecule has 1 aromatic carbocycles. The fourth-order valence-corrected chi connectivity index (χ4v) is 9.38. The van der Waals surface area contributed by atoms with E-state index in [1.165, 1.54) is 30.8 Å². The molecule has 1 aromatic rings. The van der Waals surface area contributed by atoms with E-state index in [1.54, 1.807) is 0 Å². The first-order chi connectivity index (χ1) is 14.0. The first-order valence-corrected chi connectivity index (χ1v) is 13.2. The summed E-state index contributed by atoms with van der Waals surface area (Å²) in [6.07, 6.45) is 5.59. The lowest BCUT2D eigenvalue weighted by Crippen LogP contribution is -2.48. The van der Waals surface area contributed by atoms with Crippen molar-refractivity contribution in [2.24, 2.45) is 17.8 Å². The van der Waals surface area contributed by atoms with Gasteiger partial charge in [0.1, 0.15) is 0 Å². The molecule has 1 unspecified atom stereocenters. The normalized spacial score (nSPS) is 28.7. The average Bonchev–Trinajstić information content (AvgIpc) is 3.16. The zero-order valence-corrected chi connectivity index (χ0v) is 19.9. The predicted molar refractivity (Wildman–Crippen MR) is 123 cm³/mol. The van der Waals surface area contributed by atoms with Crippen LogP contribution >= 0.6 is 39.5 Å². The van der Waals surface area contributed by atoms with Crippen molar-refractivity contribution in [2.75, 3.05) is 18.1 Å². The molecule has 1 aliphatic heterocycles. The van der Waals surface area contributed by atoms with Crippen LogP contribution in [0.15, 0.2) is 28.7 Å². The van der Waals surface area contributed by atoms with E-state index in [4.69, 9.17) is 4.74 Å². The molecule has 4 nitrogen and oxygen atoms in total. The van der Waals surface area contributed by atoms with Crippen molar-refractivity contribution in [3.05, 3.63) is 34.3 Å². The number of hydrogen-bond donors (Lipinski definition) is 1. The van der Waals surface area contributed by atoms with E-state index < -0.39 is 0 Å². The number of rotatable bonds is 5. The summed E-state index contributed by atoms with van der Waals surface area (Å²) in [4.78, 5) is 25.0. The highest BCUT2D eigenvalue weighted by Gasteiger charge is 2.55. The number of hydrogen-bond acceptors (Lipinski definition) is 5. The van der Waals surface area contributed by atoms with E-state index in [1.807, 2.05) is 31.2 Å². The minimum Gasteiger partial charge on any atom is -0.455 e. The number of esters is 1. The molecule has 7 heteroatoms. The van der Waals surface area contributed by atoms with Gasteiger partial charge in [-0.1, -0.05) is 34.5 Å². The van der Waals surface area contributed by atoms with Gasteiger partial charge in [-0.3, -0.25) is 9.59 Å². The van der Waals surface area contributed by atoms with Gasteiger partial charge in [-0.15, -0.1) is 23.5 Å². The third-order valence-electron chi connectivity index (χ3n) is 6.55. The SMILES string of the molecule is C[C@@H](NC(=O)COC(=O)C1C[C@H]2CCC[C@@H](C1)C21SCCS1)c1ccc(Br)cc1. The molecule has 4 rings (SSSR count). The maximum Gasteiger partial charge on any atom is 0.309 e. The molecule has 2 aliphatic carbocycles. The van der Waals surface area contributed by atoms with Crippen LogP contribution in [0, 0.1) is 17.8 Å². The second-order valence-electron chi connectivity index (χ2n) is 8.36. The number of thioether (sulfide) groups is 2. The van der Waals surface area contributed by atoms with E-state index in [0.29, 0.717) is 15.9 Å². The fourth-order valence-electron chi connectivity index (χ4n) is 5.17. The van der Waals surface area contributed by atoms with Gasteiger partial charge in [-0.05, 0) is 62.1 Å². The lowest BCUT2D eigenvalue weighted by atomic mass is 9.67. The molecule has 3 aliphatic rings. The van der Waals surface area contributed by atoms with Gasteiger partial charge < -0.3 is 10.1 Å². The molecule has 1 N–H and O–H groups in total. The highest BCUT2D eigenvalue weighted by molar-refractivity contribution is 9.10. The summed E-state index contributed by atoms with van der Waals surface area (Å²) in [7, 11) is 0. The van der Waals surface area contributed by atoms with Crippen molar-refractivity contribution >= 4 is 51.3 Å². The minimum atomic E-state index is -0.247. The Morgan fingerprint density at radius 1 is 1.17 bits per heavy atom. The van der Waals surface area contributed by atoms with Gasteiger partial charge in [0, 0.05) is 16.0 Å². The molecule has 1 heterocycles. The van der Waals surface area contributed by atoms with Crippen LogP contribution in [0.4, 0.5) is 0 Å². The van der Waals surface area contributed by atoms with Crippen molar-refractivity contribution in [1.29, 1.82) is 0 Å². The molecule has 4 atom stereocenters. The molecular formula is C22H28BrNO3S2. The maximum absolute atomic E-state index is 12.7. The van der Waals surface area contributed by atoms with Crippen LogP contribution < -0.4 is 5.32 Å². The van der Waals surface area contributed by atoms with Gasteiger partial charge in [0.05, 0.1) is 16.0 Å². The summed E-state index contributed by atoms with van der Waals surface area (Å²) >= 11 is 7.69. The number of halogens is 1. The zero-order chi connectivity index (χ0) is 20.4. The van der Waals surface area contributed by atoms with Crippen molar-refractivity contribution in [1.82, 2.24) is 5.32 Å². The van der Waals surface area contributed by atoms with Crippen LogP contribution in [0.1, 0.15) is 50.6 Å². The van der Waals surface area contributed by atoms with Crippen LogP contribution in [0.3, 0.4) is 0 Å². The minimum absolute atomic E-state index is 0.0468. The topological polar surface area (TPSA) is 55.4 Å². The Hall–Kier alpha value is -0.660. The third kappa shape index (κ3) is 4.67. The second-order valence-corrected chi connectivity index (χ2v) is 12.3. The molecule has 1 spiro atoms. The van der Waals surface area contributed by atoms with Gasteiger partial charge in [-0.25, -0.2) is 0 Å². The Morgan fingerprint density at radius 3 is 2.41 bits per heavy atom. The smallest absolute Gasteiger partial charge is 0.309 e. The summed E-state index contributed by atoms with van der Waals surface area (Å²) < 4.78 is 6.80. The third-order valence-corrected chi connectivity index (χ3v) is 11.1. The van der Waals surface area contributed by atoms with E-state index in [-0.39, 0.29) is 30.4 Å². The van der Waals surface area contributed by atoms with Crippen LogP contribution in [0.2, 0.25) is 0 Å². The zero-order valence-electron chi connectivity index (χ0n) is 16.7. The Labute approximate surface area is 189 Å². The predicted octanol–water partition coefficient (Wildman–Crippen LogP) is 5.17. The van der Waals surface area contributed by atoms with Crippen molar-refractivity contribution < 1.29 is 14.3 Å². The van der Waals surface area contributed by atoms with Crippen molar-refractivity contribution in [3.63, 3.8) is 0 Å². The van der Waals surface area contributed by atoms with E-state index in [0.717, 1.165) is 22.9 Å². The Bertz CT molecular complexity index is 735. The summed E-state index contributed by atoms with van der Waals surface area (Å²) in [6, 6.07) is 7.71. The highest BCUT2D eigenvalue weighted by Crippen LogP contribution is 2.64. The summed E-state index contributed by atoms with van der Waals surface area (Å²) in [6.45, 7) is 1.74. The number of benzene rings is 1. The molecular weight excluding hydrogens is 470 g/mol. The van der Waals surface area contributed by atoms with Crippen molar-refractivity contribution in [2.45, 2.75) is 49.1 Å². The van der Waals surface area contributed by atoms with Crippen LogP contribution in [-0.2, 0) is 14.3 Å². The number of amides is 1. The van der Waals surface area contributed by atoms with Gasteiger partial charge in [-0.2, -0.15) is 0 Å². The Balaban J connectivity index is 1.27. The van der Waals surface area contributed by atoms with Gasteiger partial charge in [0.2, 0.25) is 0 Å². The number of ether oxygens (including phenoxy) is 1. The second kappa shape index (κ2) is 9.23. The maximum atomic E-state index is 12.7. The molecule has 2 saturated carbocycles.